The predicted molar refractivity (Wildman–Crippen MR) is 139 cm³/mol. The third-order valence-electron chi connectivity index (χ3n) is 7.06. The summed E-state index contributed by atoms with van der Waals surface area (Å²) < 4.78 is 29.7. The van der Waals surface area contributed by atoms with E-state index in [1.807, 2.05) is 30.0 Å². The highest BCUT2D eigenvalue weighted by Gasteiger charge is 2.32. The summed E-state index contributed by atoms with van der Waals surface area (Å²) in [5.74, 6) is -0.137. The van der Waals surface area contributed by atoms with Gasteiger partial charge in [0, 0.05) is 41.2 Å². The van der Waals surface area contributed by atoms with Gasteiger partial charge in [-0.1, -0.05) is 42.5 Å². The molecule has 2 amide bonds. The number of rotatable bonds is 6. The van der Waals surface area contributed by atoms with Gasteiger partial charge in [0.25, 0.3) is 5.91 Å². The third-order valence-corrected chi connectivity index (χ3v) is 8.64. The number of carbonyl (C=O) groups is 2. The molecule has 3 aromatic rings. The molecule has 2 aliphatic heterocycles. The molecule has 0 radical (unpaired) electrons. The van der Waals surface area contributed by atoms with Crippen LogP contribution in [0.2, 0.25) is 0 Å². The van der Waals surface area contributed by atoms with Crippen LogP contribution >= 0.6 is 0 Å². The van der Waals surface area contributed by atoms with Crippen LogP contribution in [0, 0.1) is 6.92 Å². The van der Waals surface area contributed by atoms with Crippen molar-refractivity contribution in [3.05, 3.63) is 71.8 Å². The van der Waals surface area contributed by atoms with Crippen molar-refractivity contribution >= 4 is 38.3 Å². The molecule has 0 bridgehead atoms. The fourth-order valence-corrected chi connectivity index (χ4v) is 6.39. The number of piperidine rings is 1. The number of hydrogen-bond donors (Lipinski definition) is 3. The fourth-order valence-electron chi connectivity index (χ4n) is 4.86. The van der Waals surface area contributed by atoms with Crippen molar-refractivity contribution in [1.82, 2.24) is 14.9 Å². The summed E-state index contributed by atoms with van der Waals surface area (Å²) in [5.41, 5.74) is 1.98. The van der Waals surface area contributed by atoms with Gasteiger partial charge in [-0.3, -0.25) is 9.59 Å². The van der Waals surface area contributed by atoms with Crippen LogP contribution in [-0.2, 0) is 14.8 Å². The molecule has 0 spiro atoms. The Kier molecular flexibility index (Phi) is 6.79. The number of anilines is 1. The molecule has 1 atom stereocenters. The van der Waals surface area contributed by atoms with E-state index in [4.69, 9.17) is 0 Å². The van der Waals surface area contributed by atoms with Crippen LogP contribution in [0.1, 0.15) is 35.2 Å². The summed E-state index contributed by atoms with van der Waals surface area (Å²) in [4.78, 5) is 27.3. The highest BCUT2D eigenvalue weighted by molar-refractivity contribution is 7.89. The summed E-state index contributed by atoms with van der Waals surface area (Å²) >= 11 is 0. The Labute approximate surface area is 211 Å². The van der Waals surface area contributed by atoms with Crippen LogP contribution in [0.5, 0.6) is 0 Å². The SMILES string of the molecule is Cc1ccccc1C(=O)Nc1cccc2c(S(=O)(=O)NC3CCN(C(=O)[C@@H]4CCN4)CC3)cccc12. The van der Waals surface area contributed by atoms with Crippen LogP contribution in [-0.4, -0.2) is 56.9 Å². The van der Waals surface area contributed by atoms with Crippen molar-refractivity contribution in [2.24, 2.45) is 0 Å². The number of nitrogens with zero attached hydrogens (tertiary/aromatic N) is 1. The number of amides is 2. The van der Waals surface area contributed by atoms with Crippen molar-refractivity contribution in [2.75, 3.05) is 25.0 Å². The molecular formula is C27H30N4O4S. The number of benzene rings is 3. The maximum absolute atomic E-state index is 13.4. The van der Waals surface area contributed by atoms with Gasteiger partial charge in [-0.25, -0.2) is 13.1 Å². The number of nitrogens with one attached hydrogen (secondary N) is 3. The van der Waals surface area contributed by atoms with E-state index in [-0.39, 0.29) is 28.8 Å². The lowest BCUT2D eigenvalue weighted by atomic mass is 10.0. The van der Waals surface area contributed by atoms with E-state index in [1.165, 1.54) is 0 Å². The Morgan fingerprint density at radius 3 is 2.31 bits per heavy atom. The van der Waals surface area contributed by atoms with Crippen LogP contribution in [0.4, 0.5) is 5.69 Å². The largest absolute Gasteiger partial charge is 0.341 e. The lowest BCUT2D eigenvalue weighted by Crippen LogP contribution is -2.57. The molecule has 0 unspecified atom stereocenters. The zero-order chi connectivity index (χ0) is 25.3. The van der Waals surface area contributed by atoms with Gasteiger partial charge in [0.05, 0.1) is 10.9 Å². The van der Waals surface area contributed by atoms with Crippen molar-refractivity contribution in [3.63, 3.8) is 0 Å². The lowest BCUT2D eigenvalue weighted by Gasteiger charge is -2.37. The van der Waals surface area contributed by atoms with Gasteiger partial charge in [0.1, 0.15) is 0 Å². The molecule has 2 fully saturated rings. The first-order valence-corrected chi connectivity index (χ1v) is 13.7. The summed E-state index contributed by atoms with van der Waals surface area (Å²) in [7, 11) is -3.82. The normalized spacial score (nSPS) is 18.6. The maximum atomic E-state index is 13.4. The molecular weight excluding hydrogens is 476 g/mol. The molecule has 5 rings (SSSR count). The zero-order valence-corrected chi connectivity index (χ0v) is 21.0. The zero-order valence-electron chi connectivity index (χ0n) is 20.2. The smallest absolute Gasteiger partial charge is 0.255 e. The molecule has 0 aromatic heterocycles. The lowest BCUT2D eigenvalue weighted by molar-refractivity contribution is -0.136. The van der Waals surface area contributed by atoms with E-state index in [0.29, 0.717) is 48.0 Å². The van der Waals surface area contributed by atoms with E-state index in [1.54, 1.807) is 42.5 Å². The van der Waals surface area contributed by atoms with Gasteiger partial charge >= 0.3 is 0 Å². The van der Waals surface area contributed by atoms with Gasteiger partial charge in [-0.2, -0.15) is 0 Å². The molecule has 2 heterocycles. The fraction of sp³-hybridized carbons (Fsp3) is 0.333. The van der Waals surface area contributed by atoms with Crippen LogP contribution < -0.4 is 15.4 Å². The van der Waals surface area contributed by atoms with Gasteiger partial charge in [0.2, 0.25) is 15.9 Å². The number of aryl methyl sites for hydroxylation is 1. The van der Waals surface area contributed by atoms with E-state index in [9.17, 15) is 18.0 Å². The molecule has 2 aliphatic rings. The first kappa shape index (κ1) is 24.4. The predicted octanol–water partition coefficient (Wildman–Crippen LogP) is 3.03. The second-order valence-electron chi connectivity index (χ2n) is 9.44. The molecule has 8 nitrogen and oxygen atoms in total. The van der Waals surface area contributed by atoms with Crippen molar-refractivity contribution in [3.8, 4) is 0 Å². The Hall–Kier alpha value is -3.27. The summed E-state index contributed by atoms with van der Waals surface area (Å²) in [6.07, 6.45) is 2.00. The molecule has 3 N–H and O–H groups in total. The molecule has 0 aliphatic carbocycles. The Balaban J connectivity index is 1.33. The Bertz CT molecular complexity index is 1410. The average molecular weight is 507 g/mol. The molecule has 9 heteroatoms. The minimum Gasteiger partial charge on any atom is -0.341 e. The first-order chi connectivity index (χ1) is 17.3. The van der Waals surface area contributed by atoms with Crippen molar-refractivity contribution in [2.45, 2.75) is 43.2 Å². The van der Waals surface area contributed by atoms with Gasteiger partial charge in [0.15, 0.2) is 0 Å². The molecule has 36 heavy (non-hydrogen) atoms. The Morgan fingerprint density at radius 2 is 1.61 bits per heavy atom. The standard InChI is InChI=1S/C27H30N4O4S/c1-18-6-2-3-7-20(18)26(32)29-23-10-4-9-22-21(23)8-5-11-25(22)36(34,35)30-19-13-16-31(17-14-19)27(33)24-12-15-28-24/h2-11,19,24,28,30H,12-17H2,1H3,(H,29,32)/t24-/m0/s1. The number of sulfonamides is 1. The van der Waals surface area contributed by atoms with Gasteiger partial charge in [-0.05, 0) is 56.5 Å². The van der Waals surface area contributed by atoms with Gasteiger partial charge in [-0.15, -0.1) is 0 Å². The highest BCUT2D eigenvalue weighted by atomic mass is 32.2. The molecule has 188 valence electrons. The topological polar surface area (TPSA) is 108 Å². The highest BCUT2D eigenvalue weighted by Crippen LogP contribution is 2.30. The quantitative estimate of drug-likeness (QED) is 0.476. The number of fused-ring (bicyclic) bond motifs is 1. The number of likely N-dealkylation sites (tertiary alicyclic amines) is 1. The van der Waals surface area contributed by atoms with E-state index in [2.05, 4.69) is 15.4 Å². The number of carbonyl (C=O) groups excluding carboxylic acids is 2. The summed E-state index contributed by atoms with van der Waals surface area (Å²) in [5, 5.41) is 7.26. The van der Waals surface area contributed by atoms with E-state index >= 15 is 0 Å². The molecule has 2 saturated heterocycles. The molecule has 3 aromatic carbocycles. The van der Waals surface area contributed by atoms with Crippen LogP contribution in [0.3, 0.4) is 0 Å². The monoisotopic (exact) mass is 506 g/mol. The second-order valence-corrected chi connectivity index (χ2v) is 11.1. The minimum atomic E-state index is -3.82. The maximum Gasteiger partial charge on any atom is 0.255 e. The Morgan fingerprint density at radius 1 is 0.917 bits per heavy atom. The van der Waals surface area contributed by atoms with Gasteiger partial charge < -0.3 is 15.5 Å². The number of hydrogen-bond acceptors (Lipinski definition) is 5. The van der Waals surface area contributed by atoms with E-state index < -0.39 is 10.0 Å². The second kappa shape index (κ2) is 10.0. The average Bonchev–Trinajstić information content (AvgIpc) is 2.83. The summed E-state index contributed by atoms with van der Waals surface area (Å²) in [6.45, 7) is 3.82. The van der Waals surface area contributed by atoms with Crippen molar-refractivity contribution < 1.29 is 18.0 Å². The first-order valence-electron chi connectivity index (χ1n) is 12.3. The van der Waals surface area contributed by atoms with Crippen molar-refractivity contribution in [1.29, 1.82) is 0 Å². The minimum absolute atomic E-state index is 0.0885. The summed E-state index contributed by atoms with van der Waals surface area (Å²) in [6, 6.07) is 17.3. The van der Waals surface area contributed by atoms with E-state index in [0.717, 1.165) is 18.5 Å². The van der Waals surface area contributed by atoms with Crippen LogP contribution in [0.25, 0.3) is 10.8 Å². The third kappa shape index (κ3) is 4.86. The van der Waals surface area contributed by atoms with Crippen LogP contribution in [0.15, 0.2) is 65.6 Å². The molecule has 0 saturated carbocycles.